The number of ether oxygens (including phenoxy) is 1. The van der Waals surface area contributed by atoms with Gasteiger partial charge in [0.2, 0.25) is 10.0 Å². The first-order chi connectivity index (χ1) is 17.7. The number of rotatable bonds is 4. The lowest BCUT2D eigenvalue weighted by molar-refractivity contribution is -0.137. The Kier molecular flexibility index (Phi) is 6.43. The van der Waals surface area contributed by atoms with Gasteiger partial charge in [-0.05, 0) is 68.0 Å². The maximum absolute atomic E-state index is 15.5. The van der Waals surface area contributed by atoms with E-state index in [-0.39, 0.29) is 32.3 Å². The number of fused-ring (bicyclic) bond motifs is 5. The maximum atomic E-state index is 15.5. The molecule has 2 heterocycles. The van der Waals surface area contributed by atoms with Crippen LogP contribution in [0.5, 0.6) is 5.75 Å². The molecular weight excluding hydrogens is 553 g/mol. The Morgan fingerprint density at radius 2 is 1.76 bits per heavy atom. The van der Waals surface area contributed by atoms with Crippen LogP contribution in [-0.4, -0.2) is 34.7 Å². The molecule has 2 fully saturated rings. The molecule has 1 N–H and O–H groups in total. The Labute approximate surface area is 216 Å². The van der Waals surface area contributed by atoms with E-state index in [1.54, 1.807) is 0 Å². The number of sulfone groups is 1. The molecule has 1 aliphatic carbocycles. The van der Waals surface area contributed by atoms with Gasteiger partial charge in [-0.1, -0.05) is 6.08 Å². The van der Waals surface area contributed by atoms with Crippen molar-refractivity contribution in [1.82, 2.24) is 4.72 Å². The fraction of sp³-hybridized carbons (Fsp3) is 0.440. The summed E-state index contributed by atoms with van der Waals surface area (Å²) >= 11 is 0. The number of hydrogen-bond donors (Lipinski definition) is 1. The summed E-state index contributed by atoms with van der Waals surface area (Å²) in [5, 5.41) is -0.926. The molecule has 0 aromatic heterocycles. The van der Waals surface area contributed by atoms with Crippen molar-refractivity contribution < 1.29 is 43.5 Å². The van der Waals surface area contributed by atoms with Gasteiger partial charge in [0.25, 0.3) is 0 Å². The van der Waals surface area contributed by atoms with Crippen LogP contribution in [0.4, 0.5) is 22.0 Å². The average molecular weight is 578 g/mol. The van der Waals surface area contributed by atoms with Crippen LogP contribution in [0.15, 0.2) is 53.9 Å². The summed E-state index contributed by atoms with van der Waals surface area (Å²) < 4.78 is 130. The molecule has 2 aliphatic heterocycles. The predicted octanol–water partition coefficient (Wildman–Crippen LogP) is 4.71. The van der Waals surface area contributed by atoms with Gasteiger partial charge in [0, 0.05) is 12.0 Å². The summed E-state index contributed by atoms with van der Waals surface area (Å²) in [7, 11) is -8.41. The van der Waals surface area contributed by atoms with Crippen molar-refractivity contribution in [2.45, 2.75) is 52.8 Å². The number of benzene rings is 2. The number of halogens is 5. The Hall–Kier alpha value is -2.51. The lowest BCUT2D eigenvalue weighted by Gasteiger charge is -2.54. The zero-order chi connectivity index (χ0) is 27.7. The minimum absolute atomic E-state index is 0.0174. The van der Waals surface area contributed by atoms with Crippen LogP contribution in [0.1, 0.15) is 36.8 Å². The molecule has 206 valence electrons. The standard InChI is InChI=1S/C25H24F5NO5S2/c1-2-3-16-12-17-18-13-36-23-20(27)9-8-19(26)22(23)24(18,11-10-21(17)31-38(16,34)35)37(32,33)15-6-4-14(5-7-15)25(28,29)30/h2,4-9,16-18,21,31H,1,3,10-13H2/t16-,17+,18+,21-,24+/m1/s1. The number of allylic oxidation sites excluding steroid dienone is 1. The molecule has 5 atom stereocenters. The minimum atomic E-state index is -4.71. The average Bonchev–Trinajstić information content (AvgIpc) is 2.85. The van der Waals surface area contributed by atoms with E-state index < -0.39 is 87.3 Å². The van der Waals surface area contributed by atoms with Crippen molar-refractivity contribution in [2.24, 2.45) is 11.8 Å². The van der Waals surface area contributed by atoms with E-state index in [4.69, 9.17) is 4.74 Å². The van der Waals surface area contributed by atoms with Crippen LogP contribution in [0, 0.1) is 23.5 Å². The van der Waals surface area contributed by atoms with Crippen molar-refractivity contribution in [2.75, 3.05) is 6.61 Å². The molecule has 6 nitrogen and oxygen atoms in total. The highest BCUT2D eigenvalue weighted by Crippen LogP contribution is 2.59. The zero-order valence-electron chi connectivity index (χ0n) is 19.8. The fourth-order valence-corrected chi connectivity index (χ4v) is 10.5. The molecule has 0 bridgehead atoms. The van der Waals surface area contributed by atoms with Gasteiger partial charge in [0.05, 0.1) is 27.9 Å². The van der Waals surface area contributed by atoms with E-state index in [1.807, 2.05) is 0 Å². The number of alkyl halides is 3. The second kappa shape index (κ2) is 9.02. The highest BCUT2D eigenvalue weighted by Gasteiger charge is 2.64. The third-order valence-electron chi connectivity index (χ3n) is 8.04. The topological polar surface area (TPSA) is 89.5 Å². The van der Waals surface area contributed by atoms with Crippen LogP contribution in [0.3, 0.4) is 0 Å². The van der Waals surface area contributed by atoms with Gasteiger partial charge in [-0.2, -0.15) is 13.2 Å². The third-order valence-corrected chi connectivity index (χ3v) is 12.5. The van der Waals surface area contributed by atoms with E-state index in [0.717, 1.165) is 24.3 Å². The predicted molar refractivity (Wildman–Crippen MR) is 127 cm³/mol. The maximum Gasteiger partial charge on any atom is 0.416 e. The molecule has 0 radical (unpaired) electrons. The minimum Gasteiger partial charge on any atom is -0.490 e. The Morgan fingerprint density at radius 3 is 2.39 bits per heavy atom. The zero-order valence-corrected chi connectivity index (χ0v) is 21.5. The molecule has 0 unspecified atom stereocenters. The molecule has 13 heteroatoms. The molecule has 3 aliphatic rings. The summed E-state index contributed by atoms with van der Waals surface area (Å²) in [6.07, 6.45) is -3.48. The lowest BCUT2D eigenvalue weighted by atomic mass is 9.64. The van der Waals surface area contributed by atoms with Gasteiger partial charge in [-0.3, -0.25) is 0 Å². The first-order valence-electron chi connectivity index (χ1n) is 11.9. The summed E-state index contributed by atoms with van der Waals surface area (Å²) in [5.41, 5.74) is -1.58. The Bertz CT molecular complexity index is 1490. The molecule has 1 saturated heterocycles. The van der Waals surface area contributed by atoms with E-state index in [9.17, 15) is 34.4 Å². The van der Waals surface area contributed by atoms with Crippen LogP contribution in [-0.2, 0) is 30.8 Å². The smallest absolute Gasteiger partial charge is 0.416 e. The SMILES string of the molecule is C=CC[C@@H]1C[C@@H]2[C@@H](CC[C@@]3(S(=O)(=O)c4ccc(C(F)(F)F)cc4)c4c(F)ccc(F)c4OC[C@@H]23)NS1(=O)=O. The summed E-state index contributed by atoms with van der Waals surface area (Å²) in [4.78, 5) is -0.482. The Morgan fingerprint density at radius 1 is 1.11 bits per heavy atom. The number of hydrogen-bond acceptors (Lipinski definition) is 5. The fourth-order valence-electron chi connectivity index (χ4n) is 6.33. The van der Waals surface area contributed by atoms with Crippen LogP contribution < -0.4 is 9.46 Å². The lowest BCUT2D eigenvalue weighted by Crippen LogP contribution is -2.63. The molecular formula is C25H24F5NO5S2. The van der Waals surface area contributed by atoms with Crippen molar-refractivity contribution in [3.8, 4) is 5.75 Å². The quantitative estimate of drug-likeness (QED) is 0.420. The van der Waals surface area contributed by atoms with Crippen molar-refractivity contribution in [3.63, 3.8) is 0 Å². The molecule has 0 spiro atoms. The van der Waals surface area contributed by atoms with Crippen LogP contribution in [0.25, 0.3) is 0 Å². The van der Waals surface area contributed by atoms with Gasteiger partial charge in [-0.15, -0.1) is 6.58 Å². The molecule has 2 aromatic carbocycles. The van der Waals surface area contributed by atoms with Gasteiger partial charge < -0.3 is 4.74 Å². The van der Waals surface area contributed by atoms with E-state index in [1.165, 1.54) is 6.08 Å². The highest BCUT2D eigenvalue weighted by atomic mass is 32.2. The summed E-state index contributed by atoms with van der Waals surface area (Å²) in [6.45, 7) is 3.24. The normalized spacial score (nSPS) is 30.3. The largest absolute Gasteiger partial charge is 0.490 e. The second-order valence-electron chi connectivity index (χ2n) is 9.92. The van der Waals surface area contributed by atoms with Crippen molar-refractivity contribution in [1.29, 1.82) is 0 Å². The van der Waals surface area contributed by atoms with E-state index >= 15 is 4.39 Å². The molecule has 38 heavy (non-hydrogen) atoms. The number of nitrogens with one attached hydrogen (secondary N) is 1. The Balaban J connectivity index is 1.71. The first-order valence-corrected chi connectivity index (χ1v) is 14.9. The second-order valence-corrected chi connectivity index (χ2v) is 14.1. The molecule has 5 rings (SSSR count). The van der Waals surface area contributed by atoms with Gasteiger partial charge >= 0.3 is 6.18 Å². The molecule has 1 saturated carbocycles. The summed E-state index contributed by atoms with van der Waals surface area (Å²) in [6, 6.07) is 3.80. The third kappa shape index (κ3) is 3.96. The van der Waals surface area contributed by atoms with Gasteiger partial charge in [-0.25, -0.2) is 30.3 Å². The number of sulfonamides is 1. The van der Waals surface area contributed by atoms with Gasteiger partial charge in [0.15, 0.2) is 21.4 Å². The van der Waals surface area contributed by atoms with E-state index in [2.05, 4.69) is 11.3 Å². The molecule has 0 amide bonds. The van der Waals surface area contributed by atoms with Crippen molar-refractivity contribution >= 4 is 19.9 Å². The van der Waals surface area contributed by atoms with E-state index in [0.29, 0.717) is 12.1 Å². The highest BCUT2D eigenvalue weighted by molar-refractivity contribution is 7.92. The van der Waals surface area contributed by atoms with Crippen LogP contribution >= 0.6 is 0 Å². The van der Waals surface area contributed by atoms with Gasteiger partial charge in [0.1, 0.15) is 10.6 Å². The van der Waals surface area contributed by atoms with Crippen molar-refractivity contribution in [3.05, 3.63) is 71.8 Å². The van der Waals surface area contributed by atoms with Crippen LogP contribution in [0.2, 0.25) is 0 Å². The summed E-state index contributed by atoms with van der Waals surface area (Å²) in [5.74, 6) is -4.23. The first kappa shape index (κ1) is 27.1. The molecule has 2 aromatic rings. The monoisotopic (exact) mass is 577 g/mol.